The van der Waals surface area contributed by atoms with Crippen LogP contribution in [0.15, 0.2) is 9.59 Å². The van der Waals surface area contributed by atoms with E-state index in [1.807, 2.05) is 0 Å². The van der Waals surface area contributed by atoms with Crippen LogP contribution in [-0.4, -0.2) is 19.9 Å². The lowest BCUT2D eigenvalue weighted by Crippen LogP contribution is -2.24. The summed E-state index contributed by atoms with van der Waals surface area (Å²) in [4.78, 5) is 36.0. The van der Waals surface area contributed by atoms with Crippen molar-refractivity contribution < 1.29 is 0 Å². The monoisotopic (exact) mass is 304 g/mol. The van der Waals surface area contributed by atoms with Crippen molar-refractivity contribution in [3.8, 4) is 0 Å². The Labute approximate surface area is 128 Å². The van der Waals surface area contributed by atoms with Gasteiger partial charge in [-0.3, -0.25) is 14.8 Å². The van der Waals surface area contributed by atoms with E-state index in [9.17, 15) is 9.59 Å². The molecule has 1 fully saturated rings. The number of nitrogens with one attached hydrogen (secondary N) is 3. The van der Waals surface area contributed by atoms with Gasteiger partial charge in [-0.1, -0.05) is 33.1 Å². The Morgan fingerprint density at radius 1 is 1.18 bits per heavy atom. The summed E-state index contributed by atoms with van der Waals surface area (Å²) in [5.74, 6) is 1.61. The minimum atomic E-state index is -0.504. The van der Waals surface area contributed by atoms with Crippen LogP contribution in [0.2, 0.25) is 0 Å². The molecule has 2 heterocycles. The molecule has 120 valence electrons. The number of hydrogen-bond donors (Lipinski definition) is 3. The Hall–Kier alpha value is -1.85. The Morgan fingerprint density at radius 3 is 2.73 bits per heavy atom. The smallest absolute Gasteiger partial charge is 0.327 e. The molecule has 2 aromatic rings. The SMILES string of the molecule is CCCC1CCC(CCC)(c2nc3[nH]c(=O)[nH]c(=O)c3[nH]2)C1. The number of rotatable bonds is 5. The summed E-state index contributed by atoms with van der Waals surface area (Å²) in [6, 6.07) is 0. The summed E-state index contributed by atoms with van der Waals surface area (Å²) in [6.45, 7) is 4.41. The third-order valence-corrected chi connectivity index (χ3v) is 5.03. The highest BCUT2D eigenvalue weighted by Gasteiger charge is 2.41. The molecule has 1 saturated carbocycles. The fourth-order valence-electron chi connectivity index (χ4n) is 4.11. The molecule has 0 aliphatic heterocycles. The highest BCUT2D eigenvalue weighted by Crippen LogP contribution is 2.47. The predicted molar refractivity (Wildman–Crippen MR) is 86.2 cm³/mol. The second-order valence-electron chi connectivity index (χ2n) is 6.65. The van der Waals surface area contributed by atoms with Crippen molar-refractivity contribution in [2.45, 2.75) is 64.2 Å². The maximum atomic E-state index is 11.9. The van der Waals surface area contributed by atoms with Crippen LogP contribution < -0.4 is 11.2 Å². The molecular weight excluding hydrogens is 280 g/mol. The van der Waals surface area contributed by atoms with Gasteiger partial charge in [0.15, 0.2) is 5.65 Å². The Kier molecular flexibility index (Phi) is 3.93. The third-order valence-electron chi connectivity index (χ3n) is 5.03. The van der Waals surface area contributed by atoms with Crippen LogP contribution in [-0.2, 0) is 5.41 Å². The van der Waals surface area contributed by atoms with E-state index in [0.29, 0.717) is 11.2 Å². The molecule has 0 spiro atoms. The van der Waals surface area contributed by atoms with E-state index in [1.165, 1.54) is 19.3 Å². The van der Waals surface area contributed by atoms with Crippen molar-refractivity contribution in [1.29, 1.82) is 0 Å². The van der Waals surface area contributed by atoms with Gasteiger partial charge in [-0.05, 0) is 31.6 Å². The molecule has 2 atom stereocenters. The van der Waals surface area contributed by atoms with Crippen molar-refractivity contribution in [3.63, 3.8) is 0 Å². The van der Waals surface area contributed by atoms with Gasteiger partial charge in [0, 0.05) is 5.41 Å². The summed E-state index contributed by atoms with van der Waals surface area (Å²) in [7, 11) is 0. The van der Waals surface area contributed by atoms with E-state index in [2.05, 4.69) is 33.8 Å². The quantitative estimate of drug-likeness (QED) is 0.792. The molecule has 2 aromatic heterocycles. The van der Waals surface area contributed by atoms with E-state index in [4.69, 9.17) is 0 Å². The highest BCUT2D eigenvalue weighted by molar-refractivity contribution is 5.69. The maximum absolute atomic E-state index is 11.9. The molecule has 0 aromatic carbocycles. The molecule has 6 nitrogen and oxygen atoms in total. The average molecular weight is 304 g/mol. The van der Waals surface area contributed by atoms with E-state index in [-0.39, 0.29) is 5.41 Å². The molecule has 0 saturated heterocycles. The van der Waals surface area contributed by atoms with Crippen LogP contribution in [0.1, 0.15) is 64.6 Å². The number of aromatic amines is 3. The second kappa shape index (κ2) is 5.74. The largest absolute Gasteiger partial charge is 0.336 e. The molecule has 0 radical (unpaired) electrons. The molecule has 1 aliphatic rings. The predicted octanol–water partition coefficient (Wildman–Crippen LogP) is 2.58. The van der Waals surface area contributed by atoms with Gasteiger partial charge in [0.05, 0.1) is 0 Å². The summed E-state index contributed by atoms with van der Waals surface area (Å²) in [6.07, 6.45) is 8.06. The first-order chi connectivity index (χ1) is 10.6. The van der Waals surface area contributed by atoms with Crippen molar-refractivity contribution >= 4 is 11.2 Å². The zero-order valence-corrected chi connectivity index (χ0v) is 13.3. The van der Waals surface area contributed by atoms with Gasteiger partial charge in [-0.15, -0.1) is 0 Å². The molecule has 0 amide bonds. The minimum Gasteiger partial charge on any atom is -0.336 e. The maximum Gasteiger partial charge on any atom is 0.327 e. The standard InChI is InChI=1S/C16H24N4O2/c1-3-5-10-6-8-16(9-10,7-4-2)14-17-11-12(18-14)19-15(22)20-13(11)21/h10H,3-9H2,1-2H3,(H3,17,18,19,20,21,22). The number of nitrogens with zero attached hydrogens (tertiary/aromatic N) is 1. The number of aromatic nitrogens is 4. The lowest BCUT2D eigenvalue weighted by Gasteiger charge is -2.26. The second-order valence-corrected chi connectivity index (χ2v) is 6.65. The first kappa shape index (κ1) is 15.1. The van der Waals surface area contributed by atoms with Gasteiger partial charge in [0.1, 0.15) is 11.3 Å². The summed E-state index contributed by atoms with van der Waals surface area (Å²) in [5, 5.41) is 0. The lowest BCUT2D eigenvalue weighted by molar-refractivity contribution is 0.356. The highest BCUT2D eigenvalue weighted by atomic mass is 16.2. The van der Waals surface area contributed by atoms with Crippen molar-refractivity contribution in [2.75, 3.05) is 0 Å². The molecular formula is C16H24N4O2. The van der Waals surface area contributed by atoms with Crippen LogP contribution in [0, 0.1) is 5.92 Å². The van der Waals surface area contributed by atoms with Crippen LogP contribution in [0.3, 0.4) is 0 Å². The summed E-state index contributed by atoms with van der Waals surface area (Å²) >= 11 is 0. The first-order valence-electron chi connectivity index (χ1n) is 8.31. The Morgan fingerprint density at radius 2 is 2.00 bits per heavy atom. The summed E-state index contributed by atoms with van der Waals surface area (Å²) in [5.41, 5.74) is -0.124. The van der Waals surface area contributed by atoms with Gasteiger partial charge in [0.2, 0.25) is 0 Å². The van der Waals surface area contributed by atoms with Crippen LogP contribution in [0.25, 0.3) is 11.2 Å². The van der Waals surface area contributed by atoms with Gasteiger partial charge in [-0.25, -0.2) is 9.78 Å². The fourth-order valence-corrected chi connectivity index (χ4v) is 4.11. The normalized spacial score (nSPS) is 25.1. The Bertz CT molecular complexity index is 772. The van der Waals surface area contributed by atoms with E-state index in [1.54, 1.807) is 0 Å². The average Bonchev–Trinajstić information content (AvgIpc) is 3.05. The van der Waals surface area contributed by atoms with Gasteiger partial charge < -0.3 is 4.98 Å². The molecule has 22 heavy (non-hydrogen) atoms. The molecule has 3 rings (SSSR count). The van der Waals surface area contributed by atoms with Crippen LogP contribution in [0.4, 0.5) is 0 Å². The lowest BCUT2D eigenvalue weighted by atomic mass is 9.79. The fraction of sp³-hybridized carbons (Fsp3) is 0.688. The van der Waals surface area contributed by atoms with E-state index < -0.39 is 11.2 Å². The molecule has 1 aliphatic carbocycles. The zero-order valence-electron chi connectivity index (χ0n) is 13.3. The number of H-pyrrole nitrogens is 3. The van der Waals surface area contributed by atoms with Crippen LogP contribution in [0.5, 0.6) is 0 Å². The molecule has 6 heteroatoms. The minimum absolute atomic E-state index is 0.0247. The Balaban J connectivity index is 2.04. The number of hydrogen-bond acceptors (Lipinski definition) is 3. The first-order valence-corrected chi connectivity index (χ1v) is 8.31. The number of imidazole rings is 1. The van der Waals surface area contributed by atoms with Gasteiger partial charge in [-0.2, -0.15) is 0 Å². The van der Waals surface area contributed by atoms with Gasteiger partial charge in [0.25, 0.3) is 5.56 Å². The molecule has 0 bridgehead atoms. The van der Waals surface area contributed by atoms with Crippen molar-refractivity contribution in [1.82, 2.24) is 19.9 Å². The van der Waals surface area contributed by atoms with E-state index in [0.717, 1.165) is 37.4 Å². The van der Waals surface area contributed by atoms with Crippen LogP contribution >= 0.6 is 0 Å². The van der Waals surface area contributed by atoms with Gasteiger partial charge >= 0.3 is 5.69 Å². The third kappa shape index (κ3) is 2.51. The molecule has 3 N–H and O–H groups in total. The number of fused-ring (bicyclic) bond motifs is 1. The van der Waals surface area contributed by atoms with Crippen molar-refractivity contribution in [3.05, 3.63) is 26.7 Å². The zero-order chi connectivity index (χ0) is 15.7. The van der Waals surface area contributed by atoms with E-state index >= 15 is 0 Å². The summed E-state index contributed by atoms with van der Waals surface area (Å²) < 4.78 is 0. The topological polar surface area (TPSA) is 94.4 Å². The molecule has 2 unspecified atom stereocenters. The van der Waals surface area contributed by atoms with Crippen molar-refractivity contribution in [2.24, 2.45) is 5.92 Å².